The zero-order chi connectivity index (χ0) is 13.7. The number of nitrogens with zero attached hydrogens (tertiary/aromatic N) is 2. The minimum absolute atomic E-state index is 0. The van der Waals surface area contributed by atoms with Gasteiger partial charge in [-0.05, 0) is 71.6 Å². The molecular formula is C15H30ClN3O. The van der Waals surface area contributed by atoms with Crippen molar-refractivity contribution in [2.75, 3.05) is 40.3 Å². The van der Waals surface area contributed by atoms with E-state index in [1.54, 1.807) is 0 Å². The van der Waals surface area contributed by atoms with E-state index in [4.69, 9.17) is 0 Å². The molecule has 5 heteroatoms. The highest BCUT2D eigenvalue weighted by atomic mass is 35.5. The number of carbonyl (C=O) groups excluding carboxylic acids is 1. The van der Waals surface area contributed by atoms with Crippen molar-refractivity contribution in [1.29, 1.82) is 0 Å². The van der Waals surface area contributed by atoms with Crippen LogP contribution < -0.4 is 5.32 Å². The molecule has 2 aliphatic rings. The van der Waals surface area contributed by atoms with Crippen molar-refractivity contribution in [2.24, 2.45) is 5.92 Å². The number of carbonyl (C=O) groups is 1. The first-order valence-corrected chi connectivity index (χ1v) is 7.83. The highest BCUT2D eigenvalue weighted by Crippen LogP contribution is 2.23. The van der Waals surface area contributed by atoms with Crippen molar-refractivity contribution >= 4 is 18.3 Å². The topological polar surface area (TPSA) is 35.6 Å². The summed E-state index contributed by atoms with van der Waals surface area (Å²) in [5, 5.41) is 3.31. The number of hydrogen-bond donors (Lipinski definition) is 1. The largest absolute Gasteiger partial charge is 0.341 e. The summed E-state index contributed by atoms with van der Waals surface area (Å²) >= 11 is 0. The van der Waals surface area contributed by atoms with E-state index < -0.39 is 0 Å². The number of nitrogens with one attached hydrogen (secondary N) is 1. The van der Waals surface area contributed by atoms with Crippen LogP contribution in [0.5, 0.6) is 0 Å². The predicted molar refractivity (Wildman–Crippen MR) is 85.4 cm³/mol. The maximum absolute atomic E-state index is 12.3. The predicted octanol–water partition coefficient (Wildman–Crippen LogP) is 1.74. The Hall–Kier alpha value is -0.320. The standard InChI is InChI=1S/C15H29N3O.ClH/c1-17(2)10-4-5-13-7-11-18(12-8-13)15(19)14-6-3-9-16-14;/h13-14,16H,3-12H2,1-2H3;1H. The molecule has 20 heavy (non-hydrogen) atoms. The van der Waals surface area contributed by atoms with Gasteiger partial charge in [-0.2, -0.15) is 0 Å². The van der Waals surface area contributed by atoms with E-state index in [1.807, 2.05) is 0 Å². The Morgan fingerprint density at radius 1 is 1.25 bits per heavy atom. The van der Waals surface area contributed by atoms with Crippen LogP contribution in [0.4, 0.5) is 0 Å². The lowest BCUT2D eigenvalue weighted by Crippen LogP contribution is -2.47. The SMILES string of the molecule is CN(C)CCCC1CCN(C(=O)C2CCCN2)CC1.Cl. The van der Waals surface area contributed by atoms with E-state index in [-0.39, 0.29) is 18.4 Å². The molecule has 0 aromatic rings. The number of rotatable bonds is 5. The summed E-state index contributed by atoms with van der Waals surface area (Å²) in [5.41, 5.74) is 0. The third-order valence-corrected chi connectivity index (χ3v) is 4.50. The lowest BCUT2D eigenvalue weighted by atomic mass is 9.92. The van der Waals surface area contributed by atoms with Crippen molar-refractivity contribution in [1.82, 2.24) is 15.1 Å². The van der Waals surface area contributed by atoms with E-state index in [2.05, 4.69) is 29.2 Å². The number of amides is 1. The van der Waals surface area contributed by atoms with Crippen LogP contribution >= 0.6 is 12.4 Å². The summed E-state index contributed by atoms with van der Waals surface area (Å²) in [4.78, 5) is 16.6. The van der Waals surface area contributed by atoms with Gasteiger partial charge in [0.15, 0.2) is 0 Å². The van der Waals surface area contributed by atoms with Gasteiger partial charge in [-0.3, -0.25) is 4.79 Å². The molecule has 2 aliphatic heterocycles. The second-order valence-electron chi connectivity index (χ2n) is 6.36. The average molecular weight is 304 g/mol. The number of hydrogen-bond acceptors (Lipinski definition) is 3. The fourth-order valence-electron chi connectivity index (χ4n) is 3.25. The Morgan fingerprint density at radius 3 is 2.50 bits per heavy atom. The summed E-state index contributed by atoms with van der Waals surface area (Å²) in [6.07, 6.45) is 7.19. The van der Waals surface area contributed by atoms with Crippen LogP contribution in [-0.4, -0.2) is 62.0 Å². The van der Waals surface area contributed by atoms with Crippen LogP contribution in [-0.2, 0) is 4.79 Å². The first-order valence-electron chi connectivity index (χ1n) is 7.83. The zero-order valence-electron chi connectivity index (χ0n) is 12.9. The van der Waals surface area contributed by atoms with Crippen molar-refractivity contribution in [3.8, 4) is 0 Å². The molecule has 2 heterocycles. The fraction of sp³-hybridized carbons (Fsp3) is 0.933. The second-order valence-corrected chi connectivity index (χ2v) is 6.36. The quantitative estimate of drug-likeness (QED) is 0.840. The molecule has 118 valence electrons. The molecule has 2 rings (SSSR count). The van der Waals surface area contributed by atoms with Crippen molar-refractivity contribution in [3.63, 3.8) is 0 Å². The third-order valence-electron chi connectivity index (χ3n) is 4.50. The molecule has 1 unspecified atom stereocenters. The van der Waals surface area contributed by atoms with Gasteiger partial charge in [0, 0.05) is 13.1 Å². The lowest BCUT2D eigenvalue weighted by Gasteiger charge is -2.33. The minimum Gasteiger partial charge on any atom is -0.341 e. The monoisotopic (exact) mass is 303 g/mol. The first kappa shape index (κ1) is 17.7. The van der Waals surface area contributed by atoms with Crippen LogP contribution in [0.2, 0.25) is 0 Å². The summed E-state index contributed by atoms with van der Waals surface area (Å²) in [6, 6.07) is 0.116. The Labute approximate surface area is 129 Å². The molecule has 0 saturated carbocycles. The Bertz CT molecular complexity index is 285. The summed E-state index contributed by atoms with van der Waals surface area (Å²) in [6.45, 7) is 4.15. The first-order chi connectivity index (χ1) is 9.16. The van der Waals surface area contributed by atoms with Crippen molar-refractivity contribution in [3.05, 3.63) is 0 Å². The van der Waals surface area contributed by atoms with E-state index in [1.165, 1.54) is 32.2 Å². The van der Waals surface area contributed by atoms with E-state index in [9.17, 15) is 4.79 Å². The molecule has 0 aliphatic carbocycles. The van der Waals surface area contributed by atoms with E-state index in [0.29, 0.717) is 5.91 Å². The molecule has 0 aromatic carbocycles. The van der Waals surface area contributed by atoms with Crippen LogP contribution in [0.25, 0.3) is 0 Å². The van der Waals surface area contributed by atoms with Gasteiger partial charge < -0.3 is 15.1 Å². The lowest BCUT2D eigenvalue weighted by molar-refractivity contribution is -0.134. The molecule has 2 fully saturated rings. The summed E-state index contributed by atoms with van der Waals surface area (Å²) in [5.74, 6) is 1.18. The molecule has 4 nitrogen and oxygen atoms in total. The maximum atomic E-state index is 12.3. The third kappa shape index (κ3) is 5.23. The maximum Gasteiger partial charge on any atom is 0.239 e. The Morgan fingerprint density at radius 2 is 1.95 bits per heavy atom. The number of halogens is 1. The smallest absolute Gasteiger partial charge is 0.239 e. The van der Waals surface area contributed by atoms with Gasteiger partial charge in [0.25, 0.3) is 0 Å². The number of likely N-dealkylation sites (tertiary alicyclic amines) is 1. The van der Waals surface area contributed by atoms with Crippen LogP contribution in [0, 0.1) is 5.92 Å². The molecule has 0 radical (unpaired) electrons. The molecule has 1 atom stereocenters. The van der Waals surface area contributed by atoms with Gasteiger partial charge in [0.2, 0.25) is 5.91 Å². The van der Waals surface area contributed by atoms with Crippen LogP contribution in [0.15, 0.2) is 0 Å². The van der Waals surface area contributed by atoms with Gasteiger partial charge in [0.05, 0.1) is 6.04 Å². The molecule has 0 bridgehead atoms. The minimum atomic E-state index is 0. The highest BCUT2D eigenvalue weighted by Gasteiger charge is 2.29. The zero-order valence-corrected chi connectivity index (χ0v) is 13.8. The molecule has 0 aromatic heterocycles. The molecule has 1 amide bonds. The van der Waals surface area contributed by atoms with Crippen LogP contribution in [0.1, 0.15) is 38.5 Å². The normalized spacial score (nSPS) is 23.9. The van der Waals surface area contributed by atoms with E-state index >= 15 is 0 Å². The highest BCUT2D eigenvalue weighted by molar-refractivity contribution is 5.85. The van der Waals surface area contributed by atoms with Crippen molar-refractivity contribution in [2.45, 2.75) is 44.6 Å². The summed E-state index contributed by atoms with van der Waals surface area (Å²) in [7, 11) is 4.27. The van der Waals surface area contributed by atoms with Gasteiger partial charge in [-0.1, -0.05) is 0 Å². The van der Waals surface area contributed by atoms with Gasteiger partial charge in [-0.25, -0.2) is 0 Å². The summed E-state index contributed by atoms with van der Waals surface area (Å²) < 4.78 is 0. The average Bonchev–Trinajstić information content (AvgIpc) is 2.92. The molecule has 2 saturated heterocycles. The Kier molecular flexibility index (Phi) is 7.85. The molecule has 1 N–H and O–H groups in total. The molecule has 0 spiro atoms. The van der Waals surface area contributed by atoms with Gasteiger partial charge >= 0.3 is 0 Å². The van der Waals surface area contributed by atoms with Gasteiger partial charge in [0.1, 0.15) is 0 Å². The fourth-order valence-corrected chi connectivity index (χ4v) is 3.25. The number of piperidine rings is 1. The molecular weight excluding hydrogens is 274 g/mol. The van der Waals surface area contributed by atoms with Gasteiger partial charge in [-0.15, -0.1) is 12.4 Å². The van der Waals surface area contributed by atoms with Crippen molar-refractivity contribution < 1.29 is 4.79 Å². The second kappa shape index (κ2) is 8.85. The van der Waals surface area contributed by atoms with E-state index in [0.717, 1.165) is 38.4 Å². The Balaban J connectivity index is 0.00000200. The van der Waals surface area contributed by atoms with Crippen LogP contribution in [0.3, 0.4) is 0 Å².